The molecule has 0 bridgehead atoms. The number of imidazole rings is 1. The van der Waals surface area contributed by atoms with Gasteiger partial charge in [-0.15, -0.1) is 0 Å². The Hall–Kier alpha value is -4.61. The molecule has 1 amide bonds. The summed E-state index contributed by atoms with van der Waals surface area (Å²) < 4.78 is 16.9. The van der Waals surface area contributed by atoms with Crippen LogP contribution in [0.5, 0.6) is 0 Å². The molecule has 6 rings (SSSR count). The summed E-state index contributed by atoms with van der Waals surface area (Å²) in [4.78, 5) is 37.3. The van der Waals surface area contributed by atoms with Crippen LogP contribution in [0.4, 0.5) is 15.9 Å². The number of hydrogen-bond acceptors (Lipinski definition) is 8. The van der Waals surface area contributed by atoms with E-state index in [1.54, 1.807) is 54.8 Å². The minimum atomic E-state index is -0.339. The third kappa shape index (κ3) is 4.09. The van der Waals surface area contributed by atoms with E-state index in [9.17, 15) is 4.79 Å². The lowest BCUT2D eigenvalue weighted by Crippen LogP contribution is -2.49. The Balaban J connectivity index is 1.33. The Morgan fingerprint density at radius 3 is 2.76 bits per heavy atom. The largest absolute Gasteiger partial charge is 0.366 e. The molecule has 1 unspecified atom stereocenters. The molecule has 1 saturated heterocycles. The summed E-state index contributed by atoms with van der Waals surface area (Å²) in [6.07, 6.45) is 8.00. The van der Waals surface area contributed by atoms with E-state index in [1.165, 1.54) is 6.33 Å². The molecule has 0 aliphatic carbocycles. The molecule has 1 aromatic carbocycles. The van der Waals surface area contributed by atoms with Crippen LogP contribution in [0.1, 0.15) is 28.9 Å². The SMILES string of the molecule is CC(Nc1ncnc2[nH]cnc12)c1cc(F)c2cccnc2c1N1CCN(C(=O)c2cnn(C)c2)CC1. The van der Waals surface area contributed by atoms with Crippen molar-refractivity contribution in [1.82, 2.24) is 39.6 Å². The summed E-state index contributed by atoms with van der Waals surface area (Å²) in [5, 5.41) is 7.95. The first kappa shape index (κ1) is 22.8. The lowest BCUT2D eigenvalue weighted by molar-refractivity contribution is 0.0746. The highest BCUT2D eigenvalue weighted by Gasteiger charge is 2.28. The molecule has 5 heterocycles. The molecule has 0 spiro atoms. The average Bonchev–Trinajstić information content (AvgIpc) is 3.58. The number of anilines is 2. The van der Waals surface area contributed by atoms with Crippen LogP contribution in [-0.2, 0) is 7.05 Å². The first-order valence-corrected chi connectivity index (χ1v) is 12.0. The second kappa shape index (κ2) is 9.12. The number of nitrogens with one attached hydrogen (secondary N) is 2. The van der Waals surface area contributed by atoms with Gasteiger partial charge in [0.1, 0.15) is 17.7 Å². The minimum absolute atomic E-state index is 0.0446. The average molecular weight is 501 g/mol. The number of aromatic amines is 1. The van der Waals surface area contributed by atoms with E-state index in [4.69, 9.17) is 0 Å². The molecule has 0 saturated carbocycles. The van der Waals surface area contributed by atoms with Crippen molar-refractivity contribution < 1.29 is 9.18 Å². The van der Waals surface area contributed by atoms with Crippen molar-refractivity contribution in [3.8, 4) is 0 Å². The molecule has 5 aromatic rings. The van der Waals surface area contributed by atoms with Crippen LogP contribution in [0, 0.1) is 5.82 Å². The summed E-state index contributed by atoms with van der Waals surface area (Å²) >= 11 is 0. The molecule has 12 heteroatoms. The number of carbonyl (C=O) groups excluding carboxylic acids is 1. The highest BCUT2D eigenvalue weighted by atomic mass is 19.1. The van der Waals surface area contributed by atoms with Gasteiger partial charge in [-0.05, 0) is 25.1 Å². The fourth-order valence-corrected chi connectivity index (χ4v) is 4.87. The van der Waals surface area contributed by atoms with E-state index < -0.39 is 0 Å². The number of halogens is 1. The highest BCUT2D eigenvalue weighted by Crippen LogP contribution is 2.37. The number of aryl methyl sites for hydroxylation is 1. The predicted octanol–water partition coefficient (Wildman–Crippen LogP) is 2.91. The number of carbonyl (C=O) groups is 1. The zero-order valence-corrected chi connectivity index (χ0v) is 20.4. The van der Waals surface area contributed by atoms with Gasteiger partial charge in [0.25, 0.3) is 5.91 Å². The van der Waals surface area contributed by atoms with Crippen molar-refractivity contribution in [2.45, 2.75) is 13.0 Å². The maximum atomic E-state index is 15.3. The van der Waals surface area contributed by atoms with Crippen molar-refractivity contribution in [3.63, 3.8) is 0 Å². The number of pyridine rings is 1. The van der Waals surface area contributed by atoms with E-state index >= 15 is 4.39 Å². The molecule has 11 nitrogen and oxygen atoms in total. The van der Waals surface area contributed by atoms with Crippen molar-refractivity contribution >= 4 is 39.5 Å². The fourth-order valence-electron chi connectivity index (χ4n) is 4.87. The van der Waals surface area contributed by atoms with E-state index in [2.05, 4.69) is 40.2 Å². The number of amides is 1. The number of H-pyrrole nitrogens is 1. The molecular weight excluding hydrogens is 475 g/mol. The first-order valence-electron chi connectivity index (χ1n) is 12.0. The Kier molecular flexibility index (Phi) is 5.63. The molecule has 1 fully saturated rings. The highest BCUT2D eigenvalue weighted by molar-refractivity contribution is 5.95. The number of rotatable bonds is 5. The summed E-state index contributed by atoms with van der Waals surface area (Å²) in [7, 11) is 1.79. The Labute approximate surface area is 211 Å². The number of hydrogen-bond donors (Lipinski definition) is 2. The molecular formula is C25H25FN10O. The van der Waals surface area contributed by atoms with Crippen LogP contribution in [0.25, 0.3) is 22.1 Å². The summed E-state index contributed by atoms with van der Waals surface area (Å²) in [6, 6.07) is 4.72. The van der Waals surface area contributed by atoms with Crippen molar-refractivity contribution in [2.24, 2.45) is 7.05 Å². The van der Waals surface area contributed by atoms with Crippen LogP contribution in [0.3, 0.4) is 0 Å². The Morgan fingerprint density at radius 1 is 1.14 bits per heavy atom. The van der Waals surface area contributed by atoms with Gasteiger partial charge >= 0.3 is 0 Å². The standard InChI is InChI=1S/C25H25FN10O/c1-15(33-24-21-23(29-13-28-21)30-14-31-24)18-10-19(26)17-4-3-5-27-20(17)22(18)35-6-8-36(9-7-35)25(37)16-11-32-34(2)12-16/h3-5,10-15H,6-9H2,1-2H3,(H2,28,29,30,31,33). The second-order valence-electron chi connectivity index (χ2n) is 9.07. The minimum Gasteiger partial charge on any atom is -0.366 e. The molecule has 37 heavy (non-hydrogen) atoms. The Morgan fingerprint density at radius 2 is 1.97 bits per heavy atom. The van der Waals surface area contributed by atoms with Crippen molar-refractivity contribution in [1.29, 1.82) is 0 Å². The first-order chi connectivity index (χ1) is 18.0. The van der Waals surface area contributed by atoms with Crippen LogP contribution < -0.4 is 10.2 Å². The summed E-state index contributed by atoms with van der Waals surface area (Å²) in [6.45, 7) is 4.18. The van der Waals surface area contributed by atoms with E-state index in [0.29, 0.717) is 59.6 Å². The fraction of sp³-hybridized carbons (Fsp3) is 0.280. The number of nitrogens with zero attached hydrogens (tertiary/aromatic N) is 8. The van der Waals surface area contributed by atoms with Crippen LogP contribution in [0.15, 0.2) is 49.4 Å². The topological polar surface area (TPSA) is 121 Å². The van der Waals surface area contributed by atoms with Gasteiger partial charge in [0.2, 0.25) is 0 Å². The zero-order chi connectivity index (χ0) is 25.5. The number of fused-ring (bicyclic) bond motifs is 2. The van der Waals surface area contributed by atoms with Gasteiger partial charge in [-0.2, -0.15) is 5.10 Å². The van der Waals surface area contributed by atoms with E-state index in [0.717, 1.165) is 11.3 Å². The molecule has 1 aliphatic rings. The Bertz CT molecular complexity index is 1600. The third-order valence-electron chi connectivity index (χ3n) is 6.72. The molecule has 188 valence electrons. The number of benzene rings is 1. The predicted molar refractivity (Wildman–Crippen MR) is 137 cm³/mol. The smallest absolute Gasteiger partial charge is 0.257 e. The molecule has 0 radical (unpaired) electrons. The van der Waals surface area contributed by atoms with Crippen LogP contribution >= 0.6 is 0 Å². The molecule has 2 N–H and O–H groups in total. The maximum Gasteiger partial charge on any atom is 0.257 e. The zero-order valence-electron chi connectivity index (χ0n) is 20.4. The lowest BCUT2D eigenvalue weighted by Gasteiger charge is -2.38. The van der Waals surface area contributed by atoms with Crippen molar-refractivity contribution in [2.75, 3.05) is 36.4 Å². The summed E-state index contributed by atoms with van der Waals surface area (Å²) in [5.41, 5.74) is 3.98. The quantitative estimate of drug-likeness (QED) is 0.378. The number of piperazine rings is 1. The van der Waals surface area contributed by atoms with E-state index in [1.807, 2.05) is 11.8 Å². The van der Waals surface area contributed by atoms with Gasteiger partial charge in [-0.25, -0.2) is 19.3 Å². The van der Waals surface area contributed by atoms with Gasteiger partial charge in [0, 0.05) is 56.6 Å². The molecule has 1 aliphatic heterocycles. The normalized spacial score (nSPS) is 14.9. The van der Waals surface area contributed by atoms with Crippen LogP contribution in [0.2, 0.25) is 0 Å². The second-order valence-corrected chi connectivity index (χ2v) is 9.07. The lowest BCUT2D eigenvalue weighted by atomic mass is 10.00. The van der Waals surface area contributed by atoms with Gasteiger partial charge < -0.3 is 20.1 Å². The van der Waals surface area contributed by atoms with Crippen LogP contribution in [-0.4, -0.2) is 71.7 Å². The number of aromatic nitrogens is 7. The van der Waals surface area contributed by atoms with Gasteiger partial charge in [-0.1, -0.05) is 0 Å². The molecule has 1 atom stereocenters. The van der Waals surface area contributed by atoms with E-state index in [-0.39, 0.29) is 17.8 Å². The van der Waals surface area contributed by atoms with Gasteiger partial charge in [0.05, 0.1) is 35.3 Å². The summed E-state index contributed by atoms with van der Waals surface area (Å²) in [5.74, 6) is 0.170. The van der Waals surface area contributed by atoms with Crippen molar-refractivity contribution in [3.05, 3.63) is 66.4 Å². The van der Waals surface area contributed by atoms with Gasteiger partial charge in [0.15, 0.2) is 11.5 Å². The molecule has 4 aromatic heterocycles. The van der Waals surface area contributed by atoms with Gasteiger partial charge in [-0.3, -0.25) is 14.5 Å². The maximum absolute atomic E-state index is 15.3. The third-order valence-corrected chi connectivity index (χ3v) is 6.72. The monoisotopic (exact) mass is 500 g/mol.